The van der Waals surface area contributed by atoms with E-state index in [4.69, 9.17) is 4.74 Å². The number of nitrogens with zero attached hydrogens (tertiary/aromatic N) is 3. The van der Waals surface area contributed by atoms with Gasteiger partial charge in [-0.05, 0) is 57.5 Å². The summed E-state index contributed by atoms with van der Waals surface area (Å²) in [6, 6.07) is -1.35. The molecule has 13 heteroatoms. The SMILES string of the molecule is CC(=O)O[C@H](C[C@H](C(C)C)N(C)C(=O)[C@@H](NC(=O)C1CCCCN1C)C(C)C)c1nc(C(=O)NC23CC(C(=O)O)(C2)C3)cs1. The normalized spacial score (nSPS) is 26.5. The number of carboxylic acid groups (broad SMARTS) is 1. The van der Waals surface area contributed by atoms with Gasteiger partial charge < -0.3 is 25.4 Å². The fraction of sp³-hybridized carbons (Fsp3) is 0.742. The zero-order valence-electron chi connectivity index (χ0n) is 26.8. The lowest BCUT2D eigenvalue weighted by Gasteiger charge is -2.67. The highest BCUT2D eigenvalue weighted by Crippen LogP contribution is 2.67. The number of piperidine rings is 1. The van der Waals surface area contributed by atoms with Crippen LogP contribution in [0.5, 0.6) is 0 Å². The van der Waals surface area contributed by atoms with Crippen LogP contribution in [-0.4, -0.2) is 93.9 Å². The molecule has 0 aromatic carbocycles. The first kappa shape index (κ1) is 33.8. The van der Waals surface area contributed by atoms with Crippen LogP contribution in [0.1, 0.15) is 101 Å². The van der Waals surface area contributed by atoms with Gasteiger partial charge >= 0.3 is 11.9 Å². The Morgan fingerprint density at radius 3 is 2.34 bits per heavy atom. The van der Waals surface area contributed by atoms with Crippen LogP contribution in [0.3, 0.4) is 0 Å². The summed E-state index contributed by atoms with van der Waals surface area (Å²) in [6.45, 7) is 9.92. The quantitative estimate of drug-likeness (QED) is 0.278. The Labute approximate surface area is 263 Å². The van der Waals surface area contributed by atoms with Crippen molar-refractivity contribution in [1.29, 1.82) is 0 Å². The van der Waals surface area contributed by atoms with Crippen molar-refractivity contribution in [3.63, 3.8) is 0 Å². The van der Waals surface area contributed by atoms with Crippen LogP contribution in [0.2, 0.25) is 0 Å². The number of aliphatic carboxylic acids is 1. The van der Waals surface area contributed by atoms with Crippen molar-refractivity contribution in [2.24, 2.45) is 17.3 Å². The minimum absolute atomic E-state index is 0.0245. The number of likely N-dealkylation sites (tertiary alicyclic amines) is 1. The van der Waals surface area contributed by atoms with Crippen LogP contribution in [0.25, 0.3) is 0 Å². The molecule has 5 rings (SSSR count). The molecule has 3 aliphatic carbocycles. The van der Waals surface area contributed by atoms with Gasteiger partial charge in [-0.2, -0.15) is 0 Å². The lowest BCUT2D eigenvalue weighted by molar-refractivity contribution is -0.196. The van der Waals surface area contributed by atoms with Gasteiger partial charge in [0.15, 0.2) is 6.10 Å². The Hall–Kier alpha value is -3.06. The number of ether oxygens (including phenoxy) is 1. The van der Waals surface area contributed by atoms with E-state index in [-0.39, 0.29) is 53.8 Å². The van der Waals surface area contributed by atoms with E-state index in [1.54, 1.807) is 17.3 Å². The molecule has 0 spiro atoms. The summed E-state index contributed by atoms with van der Waals surface area (Å²) in [5.74, 6) is -2.25. The summed E-state index contributed by atoms with van der Waals surface area (Å²) >= 11 is 1.20. The Bertz CT molecular complexity index is 1260. The molecule has 1 aliphatic heterocycles. The maximum atomic E-state index is 13.9. The first-order chi connectivity index (χ1) is 20.6. The Kier molecular flexibility index (Phi) is 10.1. The molecule has 3 N–H and O–H groups in total. The van der Waals surface area contributed by atoms with E-state index in [1.165, 1.54) is 18.3 Å². The van der Waals surface area contributed by atoms with Crippen LogP contribution >= 0.6 is 11.3 Å². The van der Waals surface area contributed by atoms with Crippen molar-refractivity contribution in [2.75, 3.05) is 20.6 Å². The molecule has 44 heavy (non-hydrogen) atoms. The van der Waals surface area contributed by atoms with E-state index in [2.05, 4.69) is 15.6 Å². The van der Waals surface area contributed by atoms with Gasteiger partial charge in [-0.25, -0.2) is 4.98 Å². The first-order valence-electron chi connectivity index (χ1n) is 15.5. The van der Waals surface area contributed by atoms with E-state index in [1.807, 2.05) is 39.6 Å². The van der Waals surface area contributed by atoms with Gasteiger partial charge in [-0.1, -0.05) is 34.1 Å². The minimum atomic E-state index is -0.823. The fourth-order valence-corrected chi connectivity index (χ4v) is 7.88. The Balaban J connectivity index is 1.45. The van der Waals surface area contributed by atoms with Crippen molar-refractivity contribution in [3.05, 3.63) is 16.1 Å². The van der Waals surface area contributed by atoms with Gasteiger partial charge in [0.1, 0.15) is 16.7 Å². The number of aromatic nitrogens is 1. The molecule has 3 amide bonds. The van der Waals surface area contributed by atoms with Gasteiger partial charge in [0, 0.05) is 37.4 Å². The minimum Gasteiger partial charge on any atom is -0.481 e. The number of hydrogen-bond donors (Lipinski definition) is 3. The fourth-order valence-electron chi connectivity index (χ4n) is 7.04. The molecule has 12 nitrogen and oxygen atoms in total. The topological polar surface area (TPSA) is 158 Å². The van der Waals surface area contributed by atoms with Crippen LogP contribution in [0, 0.1) is 17.3 Å². The zero-order chi connectivity index (χ0) is 32.6. The number of carbonyl (C=O) groups is 5. The monoisotopic (exact) mass is 633 g/mol. The molecule has 2 heterocycles. The van der Waals surface area contributed by atoms with Crippen LogP contribution < -0.4 is 10.6 Å². The van der Waals surface area contributed by atoms with Crippen molar-refractivity contribution >= 4 is 41.0 Å². The molecule has 0 radical (unpaired) electrons. The maximum absolute atomic E-state index is 13.9. The van der Waals surface area contributed by atoms with E-state index in [0.717, 1.165) is 25.8 Å². The van der Waals surface area contributed by atoms with Crippen molar-refractivity contribution in [2.45, 2.75) is 109 Å². The van der Waals surface area contributed by atoms with Crippen LogP contribution in [0.4, 0.5) is 0 Å². The molecular weight excluding hydrogens is 586 g/mol. The van der Waals surface area contributed by atoms with Gasteiger partial charge in [0.2, 0.25) is 11.8 Å². The molecule has 1 unspecified atom stereocenters. The summed E-state index contributed by atoms with van der Waals surface area (Å²) in [5.41, 5.74) is -1.02. The second-order valence-corrected chi connectivity index (χ2v) is 14.6. The molecule has 4 aliphatic rings. The van der Waals surface area contributed by atoms with Gasteiger partial charge in [0.05, 0.1) is 11.5 Å². The number of amides is 3. The number of carboxylic acids is 1. The molecule has 244 valence electrons. The second kappa shape index (κ2) is 13.1. The summed E-state index contributed by atoms with van der Waals surface area (Å²) < 4.78 is 5.68. The summed E-state index contributed by atoms with van der Waals surface area (Å²) in [7, 11) is 3.64. The van der Waals surface area contributed by atoms with Crippen LogP contribution in [0.15, 0.2) is 5.38 Å². The van der Waals surface area contributed by atoms with E-state index < -0.39 is 35.0 Å². The lowest BCUT2D eigenvalue weighted by atomic mass is 9.39. The third-order valence-electron chi connectivity index (χ3n) is 9.57. The highest BCUT2D eigenvalue weighted by atomic mass is 32.1. The predicted octanol–water partition coefficient (Wildman–Crippen LogP) is 2.98. The average molecular weight is 634 g/mol. The van der Waals surface area contributed by atoms with Crippen molar-refractivity contribution in [3.8, 4) is 0 Å². The van der Waals surface area contributed by atoms with Crippen molar-refractivity contribution in [1.82, 2.24) is 25.4 Å². The molecule has 3 saturated carbocycles. The Morgan fingerprint density at radius 2 is 1.80 bits per heavy atom. The summed E-state index contributed by atoms with van der Waals surface area (Å²) in [4.78, 5) is 71.8. The lowest BCUT2D eigenvalue weighted by Crippen LogP contribution is -2.77. The van der Waals surface area contributed by atoms with E-state index >= 15 is 0 Å². The van der Waals surface area contributed by atoms with Gasteiger partial charge in [-0.3, -0.25) is 28.9 Å². The standard InChI is InChI=1S/C31H47N5O7S/c1-17(2)22(36(7)28(40)24(18(3)4)33-26(39)21-10-8-9-11-35(21)6)12-23(43-19(5)37)27-32-20(13-44-27)25(38)34-31-14-30(15-31,16-31)29(41)42/h13,17-18,21-24H,8-12,14-16H2,1-7H3,(H,33,39)(H,34,38)(H,41,42)/t21?,22-,23-,24+,30?,31?/m1/s1. The number of thiazole rings is 1. The number of esters is 1. The third-order valence-corrected chi connectivity index (χ3v) is 10.5. The van der Waals surface area contributed by atoms with Gasteiger partial charge in [0.25, 0.3) is 5.91 Å². The summed E-state index contributed by atoms with van der Waals surface area (Å²) in [5, 5.41) is 17.4. The average Bonchev–Trinajstić information content (AvgIpc) is 3.39. The summed E-state index contributed by atoms with van der Waals surface area (Å²) in [6.07, 6.45) is 3.49. The number of carbonyl (C=O) groups excluding carboxylic acids is 4. The first-order valence-corrected chi connectivity index (χ1v) is 16.4. The molecule has 4 atom stereocenters. The zero-order valence-corrected chi connectivity index (χ0v) is 27.7. The molecule has 4 fully saturated rings. The van der Waals surface area contributed by atoms with E-state index in [9.17, 15) is 29.1 Å². The highest BCUT2D eigenvalue weighted by Gasteiger charge is 2.72. The Morgan fingerprint density at radius 1 is 1.14 bits per heavy atom. The number of likely N-dealkylation sites (N-methyl/N-ethyl adjacent to an activating group) is 2. The predicted molar refractivity (Wildman–Crippen MR) is 164 cm³/mol. The van der Waals surface area contributed by atoms with Crippen LogP contribution in [-0.2, 0) is 23.9 Å². The van der Waals surface area contributed by atoms with E-state index in [0.29, 0.717) is 24.3 Å². The maximum Gasteiger partial charge on any atom is 0.309 e. The number of rotatable bonds is 13. The molecule has 1 saturated heterocycles. The van der Waals surface area contributed by atoms with Gasteiger partial charge in [-0.15, -0.1) is 11.3 Å². The largest absolute Gasteiger partial charge is 0.481 e. The van der Waals surface area contributed by atoms with Crippen molar-refractivity contribution < 1.29 is 33.8 Å². The smallest absolute Gasteiger partial charge is 0.309 e. The number of hydrogen-bond acceptors (Lipinski definition) is 9. The molecule has 1 aromatic rings. The molecular formula is C31H47N5O7S. The number of nitrogens with one attached hydrogen (secondary N) is 2. The third kappa shape index (κ3) is 6.93. The molecule has 2 bridgehead atoms. The molecule has 1 aromatic heterocycles. The highest BCUT2D eigenvalue weighted by molar-refractivity contribution is 7.09. The second-order valence-electron chi connectivity index (χ2n) is 13.7.